The monoisotopic (exact) mass is 312 g/mol. The van der Waals surface area contributed by atoms with Gasteiger partial charge in [-0.1, -0.05) is 34.1 Å². The van der Waals surface area contributed by atoms with E-state index in [1.807, 2.05) is 41.8 Å². The van der Waals surface area contributed by atoms with Gasteiger partial charge in [-0.05, 0) is 23.8 Å². The van der Waals surface area contributed by atoms with Crippen molar-refractivity contribution in [3.63, 3.8) is 0 Å². The van der Waals surface area contributed by atoms with E-state index in [2.05, 4.69) is 32.2 Å². The maximum atomic E-state index is 5.09. The molecule has 17 heavy (non-hydrogen) atoms. The lowest BCUT2D eigenvalue weighted by atomic mass is 10.2. The van der Waals surface area contributed by atoms with E-state index in [1.54, 1.807) is 0 Å². The predicted molar refractivity (Wildman–Crippen MR) is 74.6 cm³/mol. The fourth-order valence-electron chi connectivity index (χ4n) is 1.63. The normalized spacial score (nSPS) is 10.5. The van der Waals surface area contributed by atoms with Crippen molar-refractivity contribution in [1.29, 1.82) is 0 Å². The van der Waals surface area contributed by atoms with Gasteiger partial charge in [0.2, 0.25) is 5.95 Å². The molecule has 2 aromatic rings. The smallest absolute Gasteiger partial charge is 0.225 e. The van der Waals surface area contributed by atoms with Gasteiger partial charge in [0.1, 0.15) is 0 Å². The molecule has 1 heterocycles. The Hall–Kier alpha value is -1.14. The van der Waals surface area contributed by atoms with Gasteiger partial charge in [-0.25, -0.2) is 5.10 Å². The molecular formula is C11H13BrN4S. The molecular weight excluding hydrogens is 300 g/mol. The highest BCUT2D eigenvalue weighted by molar-refractivity contribution is 9.10. The minimum atomic E-state index is 0.624. The highest BCUT2D eigenvalue weighted by Crippen LogP contribution is 2.19. The number of anilines is 1. The third-order valence-corrected chi connectivity index (χ3v) is 3.70. The first-order valence-corrected chi connectivity index (χ1v) is 6.35. The molecule has 1 aromatic heterocycles. The number of halogens is 1. The quantitative estimate of drug-likeness (QED) is 0.885. The van der Waals surface area contributed by atoms with Crippen LogP contribution in [0.15, 0.2) is 28.7 Å². The van der Waals surface area contributed by atoms with Crippen LogP contribution in [0.5, 0.6) is 0 Å². The van der Waals surface area contributed by atoms with Crippen molar-refractivity contribution in [2.24, 2.45) is 7.05 Å². The molecule has 0 aliphatic carbocycles. The molecule has 0 radical (unpaired) electrons. The molecule has 0 saturated carbocycles. The Morgan fingerprint density at radius 3 is 2.76 bits per heavy atom. The summed E-state index contributed by atoms with van der Waals surface area (Å²) in [4.78, 5) is 2.05. The summed E-state index contributed by atoms with van der Waals surface area (Å²) in [6, 6.07) is 8.15. The van der Waals surface area contributed by atoms with Gasteiger partial charge in [-0.15, -0.1) is 5.10 Å². The van der Waals surface area contributed by atoms with Crippen molar-refractivity contribution < 1.29 is 0 Å². The Kier molecular flexibility index (Phi) is 3.63. The molecule has 0 fully saturated rings. The van der Waals surface area contributed by atoms with Gasteiger partial charge in [0.05, 0.1) is 0 Å². The topological polar surface area (TPSA) is 36.9 Å². The lowest BCUT2D eigenvalue weighted by Crippen LogP contribution is -2.20. The zero-order valence-electron chi connectivity index (χ0n) is 9.64. The van der Waals surface area contributed by atoms with Gasteiger partial charge >= 0.3 is 0 Å². The van der Waals surface area contributed by atoms with Crippen LogP contribution in [0.4, 0.5) is 5.95 Å². The number of hydrogen-bond acceptors (Lipinski definition) is 3. The van der Waals surface area contributed by atoms with E-state index in [1.165, 1.54) is 5.56 Å². The molecule has 0 aliphatic rings. The number of nitrogens with zero attached hydrogens (tertiary/aromatic N) is 3. The molecule has 0 atom stereocenters. The first kappa shape index (κ1) is 12.3. The Bertz CT molecular complexity index is 575. The van der Waals surface area contributed by atoms with Gasteiger partial charge in [0, 0.05) is 25.1 Å². The molecule has 2 rings (SSSR count). The molecule has 90 valence electrons. The first-order valence-electron chi connectivity index (χ1n) is 5.15. The molecule has 0 spiro atoms. The average molecular weight is 313 g/mol. The summed E-state index contributed by atoms with van der Waals surface area (Å²) < 4.78 is 3.58. The maximum Gasteiger partial charge on any atom is 0.225 e. The summed E-state index contributed by atoms with van der Waals surface area (Å²) in [6.07, 6.45) is 0. The van der Waals surface area contributed by atoms with Crippen LogP contribution in [0.2, 0.25) is 0 Å². The van der Waals surface area contributed by atoms with Crippen LogP contribution in [-0.2, 0) is 13.6 Å². The fraction of sp³-hybridized carbons (Fsp3) is 0.273. The average Bonchev–Trinajstić information content (AvgIpc) is 2.63. The van der Waals surface area contributed by atoms with Crippen LogP contribution in [-0.4, -0.2) is 21.8 Å². The van der Waals surface area contributed by atoms with E-state index in [-0.39, 0.29) is 0 Å². The molecule has 1 aromatic carbocycles. The molecule has 0 bridgehead atoms. The molecule has 0 saturated heterocycles. The fourth-order valence-corrected chi connectivity index (χ4v) is 2.17. The van der Waals surface area contributed by atoms with Crippen LogP contribution in [0.1, 0.15) is 5.56 Å². The number of aromatic nitrogens is 3. The van der Waals surface area contributed by atoms with Gasteiger partial charge in [0.25, 0.3) is 0 Å². The number of aromatic amines is 1. The number of rotatable bonds is 3. The molecule has 6 heteroatoms. The zero-order valence-corrected chi connectivity index (χ0v) is 12.0. The van der Waals surface area contributed by atoms with Crippen molar-refractivity contribution in [3.8, 4) is 0 Å². The van der Waals surface area contributed by atoms with Crippen molar-refractivity contribution in [2.45, 2.75) is 6.54 Å². The number of H-pyrrole nitrogens is 1. The van der Waals surface area contributed by atoms with Gasteiger partial charge in [0.15, 0.2) is 4.77 Å². The Balaban J connectivity index is 2.23. The van der Waals surface area contributed by atoms with Crippen molar-refractivity contribution in [2.75, 3.05) is 11.9 Å². The van der Waals surface area contributed by atoms with E-state index >= 15 is 0 Å². The van der Waals surface area contributed by atoms with Gasteiger partial charge in [-0.3, -0.25) is 4.57 Å². The van der Waals surface area contributed by atoms with Crippen molar-refractivity contribution in [1.82, 2.24) is 14.8 Å². The highest BCUT2D eigenvalue weighted by atomic mass is 79.9. The second kappa shape index (κ2) is 5.01. The van der Waals surface area contributed by atoms with Crippen molar-refractivity contribution >= 4 is 34.1 Å². The first-order chi connectivity index (χ1) is 8.09. The standard InChI is InChI=1S/C11H13BrN4S/c1-15(10-13-14-11(17)16(10)2)7-8-5-3-4-6-9(8)12/h3-6H,7H2,1-2H3,(H,14,17). The van der Waals surface area contributed by atoms with Gasteiger partial charge < -0.3 is 4.90 Å². The predicted octanol–water partition coefficient (Wildman–Crippen LogP) is 2.88. The van der Waals surface area contributed by atoms with Crippen LogP contribution in [0.25, 0.3) is 0 Å². The molecule has 0 unspecified atom stereocenters. The molecule has 0 aliphatic heterocycles. The van der Waals surface area contributed by atoms with E-state index in [4.69, 9.17) is 12.2 Å². The van der Waals surface area contributed by atoms with E-state index in [0.29, 0.717) is 4.77 Å². The molecule has 4 nitrogen and oxygen atoms in total. The van der Waals surface area contributed by atoms with Crippen LogP contribution in [0, 0.1) is 4.77 Å². The zero-order chi connectivity index (χ0) is 12.4. The summed E-state index contributed by atoms with van der Waals surface area (Å²) in [7, 11) is 3.89. The molecule has 1 N–H and O–H groups in total. The highest BCUT2D eigenvalue weighted by Gasteiger charge is 2.09. The minimum Gasteiger partial charge on any atom is -0.340 e. The summed E-state index contributed by atoms with van der Waals surface area (Å²) in [5, 5.41) is 6.98. The van der Waals surface area contributed by atoms with Crippen molar-refractivity contribution in [3.05, 3.63) is 39.1 Å². The number of benzene rings is 1. The van der Waals surface area contributed by atoms with Crippen LogP contribution in [0.3, 0.4) is 0 Å². The largest absolute Gasteiger partial charge is 0.340 e. The number of hydrogen-bond donors (Lipinski definition) is 1. The third-order valence-electron chi connectivity index (χ3n) is 2.56. The summed E-state index contributed by atoms with van der Waals surface area (Å²) in [6.45, 7) is 0.773. The SMILES string of the molecule is CN(Cc1ccccc1Br)c1n[nH]c(=S)n1C. The second-order valence-corrected chi connectivity index (χ2v) is 5.08. The Morgan fingerprint density at radius 2 is 2.18 bits per heavy atom. The maximum absolute atomic E-state index is 5.09. The van der Waals surface area contributed by atoms with E-state index < -0.39 is 0 Å². The lowest BCUT2D eigenvalue weighted by Gasteiger charge is -2.18. The minimum absolute atomic E-state index is 0.624. The van der Waals surface area contributed by atoms with Gasteiger partial charge in [-0.2, -0.15) is 0 Å². The molecule has 0 amide bonds. The summed E-state index contributed by atoms with van der Waals surface area (Å²) in [5.41, 5.74) is 1.21. The van der Waals surface area contributed by atoms with Crippen LogP contribution >= 0.6 is 28.1 Å². The Morgan fingerprint density at radius 1 is 1.47 bits per heavy atom. The Labute approximate surface area is 113 Å². The summed E-state index contributed by atoms with van der Waals surface area (Å²) >= 11 is 8.63. The van der Waals surface area contributed by atoms with E-state index in [0.717, 1.165) is 17.0 Å². The van der Waals surface area contributed by atoms with E-state index in [9.17, 15) is 0 Å². The lowest BCUT2D eigenvalue weighted by molar-refractivity contribution is 0.799. The summed E-state index contributed by atoms with van der Waals surface area (Å²) in [5.74, 6) is 0.825. The second-order valence-electron chi connectivity index (χ2n) is 3.84. The third kappa shape index (κ3) is 2.58. The number of nitrogens with one attached hydrogen (secondary N) is 1. The van der Waals surface area contributed by atoms with Crippen LogP contribution < -0.4 is 4.90 Å².